The van der Waals surface area contributed by atoms with Gasteiger partial charge in [0.15, 0.2) is 0 Å². The van der Waals surface area contributed by atoms with Crippen LogP contribution in [0.2, 0.25) is 0 Å². The van der Waals surface area contributed by atoms with Gasteiger partial charge in [-0.3, -0.25) is 0 Å². The van der Waals surface area contributed by atoms with Crippen molar-refractivity contribution in [3.63, 3.8) is 0 Å². The Morgan fingerprint density at radius 3 is 1.63 bits per heavy atom. The lowest BCUT2D eigenvalue weighted by atomic mass is 9.33. The van der Waals surface area contributed by atoms with Gasteiger partial charge in [-0.1, -0.05) is 155 Å². The standard InChI is InChI=1S/C68H68BN3O/c1-64(2,3)43-37-58-63-59(38-43)72(55-26-20-28-61-62(55)48-25-18-19-27-60(48)73-61)56-40-47(70(44-21-14-12-15-22-44)45-23-16-13-17-24-45)30-32-53(56)69(63)54-41-51-52(68(10,11)36-35-67(51,8)9)42-57(54)71(58)46-29-31-49-50(39-46)66(6,7)34-33-65(49,4)5/h12-32,37-42H,33-36H2,1-11H3. The molecule has 5 heteroatoms. The molecule has 1 aromatic heterocycles. The van der Waals surface area contributed by atoms with Gasteiger partial charge in [0, 0.05) is 50.9 Å². The molecule has 73 heavy (non-hydrogen) atoms. The van der Waals surface area contributed by atoms with Crippen molar-refractivity contribution >= 4 is 96.2 Å². The highest BCUT2D eigenvalue weighted by molar-refractivity contribution is 7.00. The van der Waals surface area contributed by atoms with Gasteiger partial charge in [-0.2, -0.15) is 0 Å². The fraction of sp³-hybridized carbons (Fsp3) is 0.294. The van der Waals surface area contributed by atoms with E-state index < -0.39 is 0 Å². The topological polar surface area (TPSA) is 22.9 Å². The van der Waals surface area contributed by atoms with Crippen LogP contribution in [0.3, 0.4) is 0 Å². The average Bonchev–Trinajstić information content (AvgIpc) is 3.76. The Morgan fingerprint density at radius 1 is 0.438 bits per heavy atom. The van der Waals surface area contributed by atoms with Crippen LogP contribution in [0, 0.1) is 0 Å². The summed E-state index contributed by atoms with van der Waals surface area (Å²) in [5.74, 6) is 0. The molecular formula is C68H68BN3O. The van der Waals surface area contributed by atoms with Crippen LogP contribution in [0.15, 0.2) is 168 Å². The highest BCUT2D eigenvalue weighted by Gasteiger charge is 2.48. The SMILES string of the molecule is CC(C)(C)c1cc2c3c(c1)N(c1cccc4oc5ccccc5c14)c1cc(N(c4ccccc4)c4ccccc4)ccc1B3c1cc3c(cc1N2c1ccc2c(c1)C(C)(C)CCC2(C)C)C(C)(C)CCC3(C)C. The Kier molecular flexibility index (Phi) is 9.90. The minimum atomic E-state index is -0.170. The number of hydrogen-bond donors (Lipinski definition) is 0. The zero-order valence-corrected chi connectivity index (χ0v) is 44.7. The number of fused-ring (bicyclic) bond motifs is 9. The first-order valence-corrected chi connectivity index (χ1v) is 26.9. The van der Waals surface area contributed by atoms with Crippen molar-refractivity contribution in [1.29, 1.82) is 0 Å². The number of benzene rings is 8. The Hall–Kier alpha value is -6.98. The maximum absolute atomic E-state index is 6.74. The van der Waals surface area contributed by atoms with Crippen molar-refractivity contribution in [2.24, 2.45) is 0 Å². The van der Waals surface area contributed by atoms with E-state index in [2.05, 4.69) is 255 Å². The summed E-state index contributed by atoms with van der Waals surface area (Å²) in [6.45, 7) is 26.8. The van der Waals surface area contributed by atoms with E-state index in [9.17, 15) is 0 Å². The molecule has 0 unspecified atom stereocenters. The second-order valence-electron chi connectivity index (χ2n) is 25.5. The fourth-order valence-corrected chi connectivity index (χ4v) is 13.4. The Morgan fingerprint density at radius 2 is 0.986 bits per heavy atom. The number of anilines is 9. The molecule has 2 aliphatic carbocycles. The largest absolute Gasteiger partial charge is 0.456 e. The molecule has 0 atom stereocenters. The van der Waals surface area contributed by atoms with Crippen molar-refractivity contribution in [3.05, 3.63) is 192 Å². The van der Waals surface area contributed by atoms with Gasteiger partial charge in [-0.25, -0.2) is 0 Å². The van der Waals surface area contributed by atoms with Crippen molar-refractivity contribution in [2.75, 3.05) is 14.7 Å². The summed E-state index contributed by atoms with van der Waals surface area (Å²) >= 11 is 0. The third-order valence-corrected chi connectivity index (χ3v) is 17.9. The summed E-state index contributed by atoms with van der Waals surface area (Å²) in [6, 6.07) is 62.2. The summed E-state index contributed by atoms with van der Waals surface area (Å²) in [5.41, 5.74) is 23.7. The van der Waals surface area contributed by atoms with E-state index in [1.807, 2.05) is 0 Å². The van der Waals surface area contributed by atoms with Gasteiger partial charge in [0.1, 0.15) is 11.2 Å². The van der Waals surface area contributed by atoms with Gasteiger partial charge < -0.3 is 19.1 Å². The molecule has 13 rings (SSSR count). The lowest BCUT2D eigenvalue weighted by Gasteiger charge is -2.48. The number of hydrogen-bond acceptors (Lipinski definition) is 4. The normalized spacial score (nSPS) is 17.7. The molecule has 3 heterocycles. The van der Waals surface area contributed by atoms with E-state index in [-0.39, 0.29) is 33.8 Å². The van der Waals surface area contributed by atoms with Gasteiger partial charge in [-0.05, 0) is 182 Å². The van der Waals surface area contributed by atoms with Crippen molar-refractivity contribution in [3.8, 4) is 0 Å². The third kappa shape index (κ3) is 7.00. The van der Waals surface area contributed by atoms with Gasteiger partial charge in [-0.15, -0.1) is 0 Å². The maximum Gasteiger partial charge on any atom is 0.252 e. The molecule has 0 amide bonds. The molecule has 0 fully saturated rings. The molecule has 364 valence electrons. The highest BCUT2D eigenvalue weighted by atomic mass is 16.3. The second-order valence-corrected chi connectivity index (χ2v) is 25.5. The number of para-hydroxylation sites is 3. The zero-order chi connectivity index (χ0) is 50.6. The third-order valence-electron chi connectivity index (χ3n) is 17.9. The lowest BCUT2D eigenvalue weighted by Crippen LogP contribution is -2.62. The molecule has 2 aliphatic heterocycles. The lowest BCUT2D eigenvalue weighted by molar-refractivity contribution is 0.332. The smallest absolute Gasteiger partial charge is 0.252 e. The Labute approximate surface area is 433 Å². The molecule has 0 radical (unpaired) electrons. The van der Waals surface area contributed by atoms with Crippen LogP contribution >= 0.6 is 0 Å². The summed E-state index contributed by atoms with van der Waals surface area (Å²) in [7, 11) is 0. The summed E-state index contributed by atoms with van der Waals surface area (Å²) in [6.07, 6.45) is 4.65. The van der Waals surface area contributed by atoms with Crippen LogP contribution in [-0.2, 0) is 27.1 Å². The highest BCUT2D eigenvalue weighted by Crippen LogP contribution is 2.54. The molecule has 0 N–H and O–H groups in total. The fourth-order valence-electron chi connectivity index (χ4n) is 13.4. The predicted molar refractivity (Wildman–Crippen MR) is 312 cm³/mol. The van der Waals surface area contributed by atoms with E-state index >= 15 is 0 Å². The first-order valence-electron chi connectivity index (χ1n) is 26.9. The molecule has 0 saturated carbocycles. The molecule has 0 bridgehead atoms. The van der Waals surface area contributed by atoms with Gasteiger partial charge in [0.25, 0.3) is 6.71 Å². The monoisotopic (exact) mass is 954 g/mol. The van der Waals surface area contributed by atoms with E-state index in [0.717, 1.165) is 64.0 Å². The van der Waals surface area contributed by atoms with Crippen LogP contribution in [-0.4, -0.2) is 6.71 Å². The van der Waals surface area contributed by atoms with Gasteiger partial charge in [0.05, 0.1) is 11.1 Å². The first kappa shape index (κ1) is 45.9. The van der Waals surface area contributed by atoms with Crippen LogP contribution in [0.1, 0.15) is 130 Å². The number of furan rings is 1. The van der Waals surface area contributed by atoms with E-state index in [4.69, 9.17) is 4.42 Å². The van der Waals surface area contributed by atoms with Gasteiger partial charge in [0.2, 0.25) is 0 Å². The summed E-state index contributed by atoms with van der Waals surface area (Å²) in [5, 5.41) is 2.24. The van der Waals surface area contributed by atoms with Crippen LogP contribution in [0.25, 0.3) is 21.9 Å². The van der Waals surface area contributed by atoms with E-state index in [0.29, 0.717) is 0 Å². The summed E-state index contributed by atoms with van der Waals surface area (Å²) < 4.78 is 6.74. The van der Waals surface area contributed by atoms with Crippen molar-refractivity contribution in [2.45, 2.75) is 129 Å². The second kappa shape index (κ2) is 15.8. The minimum absolute atomic E-state index is 0.0164. The Balaban J connectivity index is 1.18. The van der Waals surface area contributed by atoms with Crippen LogP contribution in [0.4, 0.5) is 51.2 Å². The van der Waals surface area contributed by atoms with E-state index in [1.165, 1.54) is 79.1 Å². The number of rotatable bonds is 5. The van der Waals surface area contributed by atoms with Crippen molar-refractivity contribution in [1.82, 2.24) is 0 Å². The molecule has 0 spiro atoms. The molecular weight excluding hydrogens is 886 g/mol. The maximum atomic E-state index is 6.74. The van der Waals surface area contributed by atoms with Crippen LogP contribution < -0.4 is 31.1 Å². The van der Waals surface area contributed by atoms with Crippen molar-refractivity contribution < 1.29 is 4.42 Å². The minimum Gasteiger partial charge on any atom is -0.456 e. The number of nitrogens with zero attached hydrogens (tertiary/aromatic N) is 3. The molecule has 0 saturated heterocycles. The molecule has 9 aromatic rings. The predicted octanol–water partition coefficient (Wildman–Crippen LogP) is 17.1. The van der Waals surface area contributed by atoms with Gasteiger partial charge >= 0.3 is 0 Å². The first-order chi connectivity index (χ1) is 34.8. The Bertz CT molecular complexity index is 3660. The average molecular weight is 954 g/mol. The summed E-state index contributed by atoms with van der Waals surface area (Å²) in [4.78, 5) is 7.73. The quantitative estimate of drug-likeness (QED) is 0.160. The molecule has 4 nitrogen and oxygen atoms in total. The molecule has 4 aliphatic rings. The zero-order valence-electron chi connectivity index (χ0n) is 44.7. The van der Waals surface area contributed by atoms with Crippen LogP contribution in [0.5, 0.6) is 0 Å². The van der Waals surface area contributed by atoms with E-state index in [1.54, 1.807) is 0 Å². The molecule has 8 aromatic carbocycles.